The second-order valence-electron chi connectivity index (χ2n) is 5.41. The fourth-order valence-corrected chi connectivity index (χ4v) is 1.77. The number of rotatable bonds is 2. The lowest BCUT2D eigenvalue weighted by molar-refractivity contribution is -0.131. The Morgan fingerprint density at radius 1 is 1.29 bits per heavy atom. The van der Waals surface area contributed by atoms with E-state index in [4.69, 9.17) is 4.74 Å². The Kier molecular flexibility index (Phi) is 4.26. The van der Waals surface area contributed by atoms with E-state index in [1.165, 1.54) is 0 Å². The van der Waals surface area contributed by atoms with Gasteiger partial charge in [0, 0.05) is 19.4 Å². The van der Waals surface area contributed by atoms with E-state index in [-0.39, 0.29) is 23.9 Å². The van der Waals surface area contributed by atoms with Gasteiger partial charge in [0.2, 0.25) is 0 Å². The molecule has 0 aromatic carbocycles. The maximum atomic E-state index is 11.4. The first-order valence-corrected chi connectivity index (χ1v) is 5.76. The molecule has 1 N–H and O–H groups in total. The van der Waals surface area contributed by atoms with Crippen LogP contribution in [0.15, 0.2) is 0 Å². The summed E-state index contributed by atoms with van der Waals surface area (Å²) in [5.74, 6) is -0.175. The zero-order valence-electron chi connectivity index (χ0n) is 10.5. The monoisotopic (exact) mass is 241 g/mol. The molecule has 0 aromatic rings. The number of ether oxygens (including phenoxy) is 1. The highest BCUT2D eigenvalue weighted by Gasteiger charge is 2.26. The number of Topliss-reactive ketones (excluding diaryl/α,β-unsaturated/α-hetero) is 2. The van der Waals surface area contributed by atoms with Gasteiger partial charge in [0.15, 0.2) is 0 Å². The van der Waals surface area contributed by atoms with E-state index in [9.17, 15) is 14.4 Å². The number of amides is 1. The van der Waals surface area contributed by atoms with Crippen molar-refractivity contribution in [1.29, 1.82) is 0 Å². The van der Waals surface area contributed by atoms with Crippen LogP contribution in [0.4, 0.5) is 4.79 Å². The number of hydrogen-bond acceptors (Lipinski definition) is 4. The van der Waals surface area contributed by atoms with Crippen LogP contribution in [0.1, 0.15) is 40.0 Å². The molecule has 1 amide bonds. The van der Waals surface area contributed by atoms with E-state index < -0.39 is 11.7 Å². The number of carbonyl (C=O) groups is 3. The molecule has 1 aliphatic rings. The standard InChI is InChI=1S/C12H19NO4/c1-12(2,3)17-11(16)13-7-8-4-9(14)6-10(15)5-8/h8H,4-7H2,1-3H3,(H,13,16). The van der Waals surface area contributed by atoms with Crippen LogP contribution in [-0.2, 0) is 14.3 Å². The first-order chi connectivity index (χ1) is 7.76. The Bertz CT molecular complexity index is 314. The summed E-state index contributed by atoms with van der Waals surface area (Å²) >= 11 is 0. The minimum Gasteiger partial charge on any atom is -0.444 e. The van der Waals surface area contributed by atoms with Crippen LogP contribution in [-0.4, -0.2) is 29.8 Å². The first-order valence-electron chi connectivity index (χ1n) is 5.76. The summed E-state index contributed by atoms with van der Waals surface area (Å²) in [4.78, 5) is 33.7. The summed E-state index contributed by atoms with van der Waals surface area (Å²) in [7, 11) is 0. The van der Waals surface area contributed by atoms with Gasteiger partial charge in [-0.3, -0.25) is 9.59 Å². The van der Waals surface area contributed by atoms with Crippen LogP contribution in [0.25, 0.3) is 0 Å². The van der Waals surface area contributed by atoms with E-state index in [0.29, 0.717) is 19.4 Å². The highest BCUT2D eigenvalue weighted by atomic mass is 16.6. The SMILES string of the molecule is CC(C)(C)OC(=O)NCC1CC(=O)CC(=O)C1. The van der Waals surface area contributed by atoms with Gasteiger partial charge in [0.25, 0.3) is 0 Å². The van der Waals surface area contributed by atoms with Gasteiger partial charge in [0.1, 0.15) is 17.2 Å². The molecule has 5 nitrogen and oxygen atoms in total. The summed E-state index contributed by atoms with van der Waals surface area (Å²) in [6.45, 7) is 5.65. The van der Waals surface area contributed by atoms with Crippen molar-refractivity contribution < 1.29 is 19.1 Å². The maximum absolute atomic E-state index is 11.4. The molecule has 17 heavy (non-hydrogen) atoms. The molecule has 0 unspecified atom stereocenters. The number of alkyl carbamates (subject to hydrolysis) is 1. The maximum Gasteiger partial charge on any atom is 0.407 e. The van der Waals surface area contributed by atoms with Gasteiger partial charge >= 0.3 is 6.09 Å². The van der Waals surface area contributed by atoms with Crippen LogP contribution >= 0.6 is 0 Å². The second kappa shape index (κ2) is 5.29. The molecule has 0 heterocycles. The van der Waals surface area contributed by atoms with E-state index >= 15 is 0 Å². The van der Waals surface area contributed by atoms with E-state index in [2.05, 4.69) is 5.32 Å². The third-order valence-corrected chi connectivity index (χ3v) is 2.36. The van der Waals surface area contributed by atoms with E-state index in [1.54, 1.807) is 20.8 Å². The fourth-order valence-electron chi connectivity index (χ4n) is 1.77. The highest BCUT2D eigenvalue weighted by molar-refractivity contribution is 6.01. The molecule has 5 heteroatoms. The van der Waals surface area contributed by atoms with Crippen molar-refractivity contribution in [2.45, 2.75) is 45.6 Å². The molecule has 0 radical (unpaired) electrons. The molecule has 0 bridgehead atoms. The van der Waals surface area contributed by atoms with Gasteiger partial charge in [-0.2, -0.15) is 0 Å². The smallest absolute Gasteiger partial charge is 0.407 e. The zero-order chi connectivity index (χ0) is 13.1. The van der Waals surface area contributed by atoms with Crippen LogP contribution in [0, 0.1) is 5.92 Å². The van der Waals surface area contributed by atoms with Gasteiger partial charge in [-0.05, 0) is 26.7 Å². The first kappa shape index (κ1) is 13.7. The van der Waals surface area contributed by atoms with Gasteiger partial charge in [-0.25, -0.2) is 4.79 Å². The zero-order valence-corrected chi connectivity index (χ0v) is 10.5. The minimum absolute atomic E-state index is 0.0442. The molecular weight excluding hydrogens is 222 g/mol. The molecule has 0 atom stereocenters. The van der Waals surface area contributed by atoms with Crippen molar-refractivity contribution in [2.24, 2.45) is 5.92 Å². The summed E-state index contributed by atoms with van der Waals surface area (Å²) in [5.41, 5.74) is -0.539. The predicted molar refractivity (Wildman–Crippen MR) is 61.6 cm³/mol. The summed E-state index contributed by atoms with van der Waals surface area (Å²) < 4.78 is 5.06. The Labute approximate surface area is 101 Å². The predicted octanol–water partition coefficient (Wildman–Crippen LogP) is 1.45. The highest BCUT2D eigenvalue weighted by Crippen LogP contribution is 2.18. The molecule has 0 aliphatic heterocycles. The quantitative estimate of drug-likeness (QED) is 0.743. The molecule has 1 aliphatic carbocycles. The number of carbonyl (C=O) groups excluding carboxylic acids is 3. The number of ketones is 2. The minimum atomic E-state index is -0.539. The number of hydrogen-bond donors (Lipinski definition) is 1. The molecule has 0 aromatic heterocycles. The van der Waals surface area contributed by atoms with E-state index in [0.717, 1.165) is 0 Å². The summed E-state index contributed by atoms with van der Waals surface area (Å²) in [5, 5.41) is 2.58. The van der Waals surface area contributed by atoms with Gasteiger partial charge in [-0.15, -0.1) is 0 Å². The van der Waals surface area contributed by atoms with Crippen molar-refractivity contribution in [3.63, 3.8) is 0 Å². The van der Waals surface area contributed by atoms with E-state index in [1.807, 2.05) is 0 Å². The fraction of sp³-hybridized carbons (Fsp3) is 0.750. The average Bonchev–Trinajstić information content (AvgIpc) is 2.10. The Morgan fingerprint density at radius 2 is 1.82 bits per heavy atom. The molecule has 0 spiro atoms. The van der Waals surface area contributed by atoms with Crippen molar-refractivity contribution in [2.75, 3.05) is 6.54 Å². The third-order valence-electron chi connectivity index (χ3n) is 2.36. The van der Waals surface area contributed by atoms with Gasteiger partial charge in [-0.1, -0.05) is 0 Å². The average molecular weight is 241 g/mol. The Morgan fingerprint density at radius 3 is 2.29 bits per heavy atom. The largest absolute Gasteiger partial charge is 0.444 e. The van der Waals surface area contributed by atoms with Gasteiger partial charge in [0.05, 0.1) is 6.42 Å². The molecular formula is C12H19NO4. The summed E-state index contributed by atoms with van der Waals surface area (Å²) in [6.07, 6.45) is 0.259. The summed E-state index contributed by atoms with van der Waals surface area (Å²) in [6, 6.07) is 0. The third kappa shape index (κ3) is 5.47. The van der Waals surface area contributed by atoms with Gasteiger partial charge < -0.3 is 10.1 Å². The normalized spacial score (nSPS) is 18.1. The Balaban J connectivity index is 2.33. The second-order valence-corrected chi connectivity index (χ2v) is 5.41. The molecule has 1 saturated carbocycles. The van der Waals surface area contributed by atoms with Crippen LogP contribution in [0.5, 0.6) is 0 Å². The topological polar surface area (TPSA) is 72.5 Å². The van der Waals surface area contributed by atoms with Crippen LogP contribution in [0.3, 0.4) is 0 Å². The van der Waals surface area contributed by atoms with Crippen molar-refractivity contribution in [1.82, 2.24) is 5.32 Å². The number of nitrogens with one attached hydrogen (secondary N) is 1. The molecule has 96 valence electrons. The molecule has 0 saturated heterocycles. The lowest BCUT2D eigenvalue weighted by Crippen LogP contribution is -2.37. The molecule has 1 rings (SSSR count). The lowest BCUT2D eigenvalue weighted by Gasteiger charge is -2.23. The molecule has 1 fully saturated rings. The van der Waals surface area contributed by atoms with Crippen LogP contribution in [0.2, 0.25) is 0 Å². The van der Waals surface area contributed by atoms with Crippen molar-refractivity contribution in [3.8, 4) is 0 Å². The van der Waals surface area contributed by atoms with Crippen LogP contribution < -0.4 is 5.32 Å². The lowest BCUT2D eigenvalue weighted by atomic mass is 9.87. The Hall–Kier alpha value is -1.39. The van der Waals surface area contributed by atoms with Crippen molar-refractivity contribution >= 4 is 17.7 Å². The van der Waals surface area contributed by atoms with Crippen molar-refractivity contribution in [3.05, 3.63) is 0 Å².